The molecular weight excluding hydrogens is 384 g/mol. The summed E-state index contributed by atoms with van der Waals surface area (Å²) in [6.45, 7) is 5.49. The molecule has 0 fully saturated rings. The van der Waals surface area contributed by atoms with Gasteiger partial charge in [-0.15, -0.1) is 0 Å². The van der Waals surface area contributed by atoms with Crippen molar-refractivity contribution in [2.75, 3.05) is 10.6 Å². The van der Waals surface area contributed by atoms with Crippen LogP contribution in [-0.2, 0) is 14.8 Å². The molecule has 0 bridgehead atoms. The minimum absolute atomic E-state index is 0.240. The summed E-state index contributed by atoms with van der Waals surface area (Å²) in [6, 6.07) is 13.4. The summed E-state index contributed by atoms with van der Waals surface area (Å²) in [4.78, 5) is 12.9. The number of nitrogens with zero attached hydrogens (tertiary/aromatic N) is 1. The summed E-state index contributed by atoms with van der Waals surface area (Å²) < 4.78 is 26.1. The summed E-state index contributed by atoms with van der Waals surface area (Å²) in [7, 11) is -3.69. The molecule has 2 aromatic rings. The smallest absolute Gasteiger partial charge is 0.244 e. The number of benzene rings is 2. The van der Waals surface area contributed by atoms with Crippen LogP contribution in [0.3, 0.4) is 0 Å². The third-order valence-corrected chi connectivity index (χ3v) is 5.99. The minimum Gasteiger partial charge on any atom is -0.348 e. The van der Waals surface area contributed by atoms with E-state index in [4.69, 9.17) is 11.6 Å². The zero-order chi connectivity index (χ0) is 20.2. The quantitative estimate of drug-likeness (QED) is 0.750. The first kappa shape index (κ1) is 21.3. The Bertz CT molecular complexity index is 901. The van der Waals surface area contributed by atoms with E-state index in [1.165, 1.54) is 0 Å². The molecule has 27 heavy (non-hydrogen) atoms. The van der Waals surface area contributed by atoms with Gasteiger partial charge in [-0.25, -0.2) is 8.42 Å². The molecular formula is C20H25ClN2O3S. The molecule has 1 N–H and O–H groups in total. The largest absolute Gasteiger partial charge is 0.348 e. The number of rotatable bonds is 7. The first-order valence-electron chi connectivity index (χ1n) is 8.76. The summed E-state index contributed by atoms with van der Waals surface area (Å²) in [5.74, 6) is -0.351. The highest BCUT2D eigenvalue weighted by atomic mass is 35.5. The Morgan fingerprint density at radius 2 is 1.81 bits per heavy atom. The Hall–Kier alpha value is -2.05. The third-order valence-electron chi connectivity index (χ3n) is 4.40. The molecule has 7 heteroatoms. The standard InChI is InChI=1S/C20H25ClN2O3S/c1-5-19(20(24)22-15(3)16-9-7-6-8-10-16)23(27(4,25)26)17-12-11-14(2)18(21)13-17/h6-13,15,19H,5H2,1-4H3,(H,22,24)/t15-,19+/m0/s1. The number of sulfonamides is 1. The lowest BCUT2D eigenvalue weighted by atomic mass is 10.1. The fourth-order valence-corrected chi connectivity index (χ4v) is 4.29. The number of carbonyl (C=O) groups excluding carboxylic acids is 1. The molecule has 0 aliphatic carbocycles. The van der Waals surface area contributed by atoms with Gasteiger partial charge in [0.15, 0.2) is 0 Å². The molecule has 0 saturated carbocycles. The minimum atomic E-state index is -3.69. The van der Waals surface area contributed by atoms with Gasteiger partial charge in [0.1, 0.15) is 6.04 Å². The molecule has 0 unspecified atom stereocenters. The number of amides is 1. The molecule has 2 aromatic carbocycles. The Morgan fingerprint density at radius 1 is 1.19 bits per heavy atom. The molecule has 2 rings (SSSR count). The monoisotopic (exact) mass is 408 g/mol. The van der Waals surface area contributed by atoms with Crippen molar-refractivity contribution in [3.05, 3.63) is 64.7 Å². The van der Waals surface area contributed by atoms with Gasteiger partial charge in [-0.05, 0) is 43.5 Å². The number of hydrogen-bond donors (Lipinski definition) is 1. The Kier molecular flexibility index (Phi) is 6.89. The predicted octanol–water partition coefficient (Wildman–Crippen LogP) is 4.07. The molecule has 0 saturated heterocycles. The highest BCUT2D eigenvalue weighted by molar-refractivity contribution is 7.92. The number of anilines is 1. The summed E-state index contributed by atoms with van der Waals surface area (Å²) >= 11 is 6.18. The topological polar surface area (TPSA) is 66.5 Å². The Labute approximate surface area is 166 Å². The Balaban J connectivity index is 2.34. The zero-order valence-electron chi connectivity index (χ0n) is 15.9. The van der Waals surface area contributed by atoms with Gasteiger partial charge in [0.05, 0.1) is 18.0 Å². The maximum atomic E-state index is 12.9. The first-order chi connectivity index (χ1) is 12.6. The first-order valence-corrected chi connectivity index (χ1v) is 11.0. The van der Waals surface area contributed by atoms with Crippen molar-refractivity contribution < 1.29 is 13.2 Å². The summed E-state index contributed by atoms with van der Waals surface area (Å²) in [5, 5.41) is 3.37. The zero-order valence-corrected chi connectivity index (χ0v) is 17.5. The fourth-order valence-electron chi connectivity index (χ4n) is 2.91. The maximum absolute atomic E-state index is 12.9. The average Bonchev–Trinajstić information content (AvgIpc) is 2.61. The van der Waals surface area contributed by atoms with Crippen molar-refractivity contribution in [1.82, 2.24) is 5.32 Å². The number of carbonyl (C=O) groups is 1. The molecule has 0 aromatic heterocycles. The van der Waals surface area contributed by atoms with E-state index in [9.17, 15) is 13.2 Å². The molecule has 0 aliphatic heterocycles. The van der Waals surface area contributed by atoms with Gasteiger partial charge in [0.2, 0.25) is 15.9 Å². The van der Waals surface area contributed by atoms with E-state index in [0.29, 0.717) is 17.1 Å². The van der Waals surface area contributed by atoms with Crippen LogP contribution in [-0.4, -0.2) is 26.6 Å². The van der Waals surface area contributed by atoms with Gasteiger partial charge < -0.3 is 5.32 Å². The van der Waals surface area contributed by atoms with Crippen LogP contribution in [0.15, 0.2) is 48.5 Å². The highest BCUT2D eigenvalue weighted by Gasteiger charge is 2.32. The van der Waals surface area contributed by atoms with E-state index in [1.54, 1.807) is 25.1 Å². The van der Waals surface area contributed by atoms with Gasteiger partial charge in [-0.3, -0.25) is 9.10 Å². The van der Waals surface area contributed by atoms with E-state index >= 15 is 0 Å². The van der Waals surface area contributed by atoms with Gasteiger partial charge in [0, 0.05) is 5.02 Å². The van der Waals surface area contributed by atoms with Crippen LogP contribution in [0, 0.1) is 6.92 Å². The summed E-state index contributed by atoms with van der Waals surface area (Å²) in [5.41, 5.74) is 2.16. The molecule has 2 atom stereocenters. The summed E-state index contributed by atoms with van der Waals surface area (Å²) in [6.07, 6.45) is 1.42. The lowest BCUT2D eigenvalue weighted by molar-refractivity contribution is -0.122. The van der Waals surface area contributed by atoms with E-state index in [2.05, 4.69) is 5.32 Å². The number of halogens is 1. The van der Waals surface area contributed by atoms with Crippen LogP contribution in [0.25, 0.3) is 0 Å². The number of aryl methyl sites for hydroxylation is 1. The van der Waals surface area contributed by atoms with Crippen LogP contribution in [0.1, 0.15) is 37.4 Å². The number of hydrogen-bond acceptors (Lipinski definition) is 3. The van der Waals surface area contributed by atoms with E-state index in [-0.39, 0.29) is 11.9 Å². The van der Waals surface area contributed by atoms with Crippen LogP contribution < -0.4 is 9.62 Å². The normalized spacial score (nSPS) is 13.7. The molecule has 5 nitrogen and oxygen atoms in total. The van der Waals surface area contributed by atoms with Gasteiger partial charge in [-0.2, -0.15) is 0 Å². The van der Waals surface area contributed by atoms with Gasteiger partial charge in [0.25, 0.3) is 0 Å². The van der Waals surface area contributed by atoms with Gasteiger partial charge in [-0.1, -0.05) is 54.9 Å². The molecule has 0 radical (unpaired) electrons. The molecule has 146 valence electrons. The van der Waals surface area contributed by atoms with Crippen molar-refractivity contribution in [1.29, 1.82) is 0 Å². The van der Waals surface area contributed by atoms with E-state index < -0.39 is 16.1 Å². The Morgan fingerprint density at radius 3 is 2.33 bits per heavy atom. The average molecular weight is 409 g/mol. The third kappa shape index (κ3) is 5.23. The highest BCUT2D eigenvalue weighted by Crippen LogP contribution is 2.28. The van der Waals surface area contributed by atoms with Crippen molar-refractivity contribution in [2.45, 2.75) is 39.3 Å². The lowest BCUT2D eigenvalue weighted by Crippen LogP contribution is -2.49. The SMILES string of the molecule is CC[C@H](C(=O)N[C@@H](C)c1ccccc1)N(c1ccc(C)c(Cl)c1)S(C)(=O)=O. The predicted molar refractivity (Wildman–Crippen MR) is 111 cm³/mol. The second-order valence-electron chi connectivity index (χ2n) is 6.56. The number of nitrogens with one attached hydrogen (secondary N) is 1. The van der Waals surface area contributed by atoms with Crippen molar-refractivity contribution in [2.24, 2.45) is 0 Å². The van der Waals surface area contributed by atoms with E-state index in [1.807, 2.05) is 44.2 Å². The van der Waals surface area contributed by atoms with Crippen LogP contribution >= 0.6 is 11.6 Å². The van der Waals surface area contributed by atoms with Crippen molar-refractivity contribution in [3.8, 4) is 0 Å². The molecule has 1 amide bonds. The van der Waals surface area contributed by atoms with Crippen molar-refractivity contribution >= 4 is 33.2 Å². The van der Waals surface area contributed by atoms with Crippen LogP contribution in [0.4, 0.5) is 5.69 Å². The van der Waals surface area contributed by atoms with Crippen LogP contribution in [0.5, 0.6) is 0 Å². The molecule has 0 spiro atoms. The van der Waals surface area contributed by atoms with E-state index in [0.717, 1.165) is 21.7 Å². The molecule has 0 aliphatic rings. The second-order valence-corrected chi connectivity index (χ2v) is 8.82. The maximum Gasteiger partial charge on any atom is 0.244 e. The lowest BCUT2D eigenvalue weighted by Gasteiger charge is -2.31. The van der Waals surface area contributed by atoms with Crippen LogP contribution in [0.2, 0.25) is 5.02 Å². The second kappa shape index (κ2) is 8.76. The fraction of sp³-hybridized carbons (Fsp3) is 0.350. The van der Waals surface area contributed by atoms with Crippen molar-refractivity contribution in [3.63, 3.8) is 0 Å². The molecule has 0 heterocycles. The van der Waals surface area contributed by atoms with Gasteiger partial charge >= 0.3 is 0 Å².